The fourth-order valence-corrected chi connectivity index (χ4v) is 5.99. The van der Waals surface area contributed by atoms with E-state index in [0.29, 0.717) is 55.6 Å². The number of aromatic nitrogens is 1. The molecule has 3 aromatic carbocycles. The minimum atomic E-state index is -0.736. The Morgan fingerprint density at radius 1 is 1.05 bits per heavy atom. The second kappa shape index (κ2) is 13.4. The van der Waals surface area contributed by atoms with E-state index in [1.807, 2.05) is 55.5 Å². The maximum Gasteiger partial charge on any atom is 0.338 e. The van der Waals surface area contributed by atoms with Crippen molar-refractivity contribution in [2.24, 2.45) is 4.99 Å². The first-order valence-corrected chi connectivity index (χ1v) is 14.9. The largest absolute Gasteiger partial charge is 0.494 e. The molecule has 0 unspecified atom stereocenters. The summed E-state index contributed by atoms with van der Waals surface area (Å²) in [5.74, 6) is 1.14. The topological polar surface area (TPSA) is 112 Å². The highest BCUT2D eigenvalue weighted by atomic mass is 32.1. The van der Waals surface area contributed by atoms with Gasteiger partial charge in [0.15, 0.2) is 16.3 Å². The van der Waals surface area contributed by atoms with Crippen molar-refractivity contribution >= 4 is 23.4 Å². The zero-order valence-electron chi connectivity index (χ0n) is 24.8. The van der Waals surface area contributed by atoms with Crippen LogP contribution in [0, 0.1) is 11.3 Å². The monoisotopic (exact) mass is 609 g/mol. The molecule has 1 aliphatic heterocycles. The molecule has 1 aromatic heterocycles. The third-order valence-corrected chi connectivity index (χ3v) is 7.99. The van der Waals surface area contributed by atoms with Crippen LogP contribution in [-0.4, -0.2) is 30.9 Å². The lowest BCUT2D eigenvalue weighted by atomic mass is 9.96. The molecule has 2 heterocycles. The molecule has 5 rings (SSSR count). The van der Waals surface area contributed by atoms with Gasteiger partial charge in [0.2, 0.25) is 0 Å². The summed E-state index contributed by atoms with van der Waals surface area (Å²) in [4.78, 5) is 32.4. The molecule has 0 radical (unpaired) electrons. The van der Waals surface area contributed by atoms with E-state index in [1.165, 1.54) is 11.3 Å². The highest BCUT2D eigenvalue weighted by molar-refractivity contribution is 7.07. The van der Waals surface area contributed by atoms with Gasteiger partial charge in [0, 0.05) is 5.56 Å². The summed E-state index contributed by atoms with van der Waals surface area (Å²) in [6, 6.07) is 21.3. The lowest BCUT2D eigenvalue weighted by molar-refractivity contribution is -0.139. The van der Waals surface area contributed by atoms with Crippen molar-refractivity contribution in [3.63, 3.8) is 0 Å². The van der Waals surface area contributed by atoms with E-state index in [9.17, 15) is 9.59 Å². The van der Waals surface area contributed by atoms with Crippen LogP contribution < -0.4 is 29.1 Å². The van der Waals surface area contributed by atoms with E-state index >= 15 is 0 Å². The Kier molecular flexibility index (Phi) is 9.26. The smallest absolute Gasteiger partial charge is 0.338 e. The van der Waals surface area contributed by atoms with Gasteiger partial charge in [-0.25, -0.2) is 9.79 Å². The van der Waals surface area contributed by atoms with Gasteiger partial charge in [0.25, 0.3) is 5.56 Å². The molecular formula is C34H31N3O6S. The van der Waals surface area contributed by atoms with Gasteiger partial charge < -0.3 is 18.9 Å². The first-order chi connectivity index (χ1) is 21.4. The average Bonchev–Trinajstić information content (AvgIpc) is 3.34. The molecule has 0 saturated heterocycles. The van der Waals surface area contributed by atoms with Crippen LogP contribution >= 0.6 is 11.3 Å². The molecule has 1 atom stereocenters. The van der Waals surface area contributed by atoms with Crippen LogP contribution in [0.2, 0.25) is 0 Å². The number of fused-ring (bicyclic) bond motifs is 1. The third kappa shape index (κ3) is 6.14. The number of hydrogen-bond donors (Lipinski definition) is 0. The van der Waals surface area contributed by atoms with Gasteiger partial charge in [0.1, 0.15) is 12.4 Å². The van der Waals surface area contributed by atoms with Crippen molar-refractivity contribution < 1.29 is 23.7 Å². The molecule has 0 saturated carbocycles. The molecule has 0 bridgehead atoms. The number of ether oxygens (including phenoxy) is 4. The van der Waals surface area contributed by atoms with Crippen molar-refractivity contribution in [1.29, 1.82) is 5.26 Å². The van der Waals surface area contributed by atoms with Crippen LogP contribution in [0.15, 0.2) is 87.8 Å². The zero-order chi connectivity index (χ0) is 31.2. The Bertz CT molecular complexity index is 1930. The van der Waals surface area contributed by atoms with E-state index in [0.717, 1.165) is 11.1 Å². The lowest BCUT2D eigenvalue weighted by Crippen LogP contribution is -2.39. The molecule has 44 heavy (non-hydrogen) atoms. The summed E-state index contributed by atoms with van der Waals surface area (Å²) in [6.07, 6.45) is 1.75. The number of carbonyl (C=O) groups excluding carboxylic acids is 1. The van der Waals surface area contributed by atoms with E-state index in [4.69, 9.17) is 24.2 Å². The minimum absolute atomic E-state index is 0.192. The maximum atomic E-state index is 14.1. The summed E-state index contributed by atoms with van der Waals surface area (Å²) in [6.45, 7) is 6.34. The van der Waals surface area contributed by atoms with Gasteiger partial charge in [-0.1, -0.05) is 47.7 Å². The summed E-state index contributed by atoms with van der Waals surface area (Å²) in [5.41, 5.74) is 3.30. The predicted molar refractivity (Wildman–Crippen MR) is 166 cm³/mol. The molecule has 224 valence electrons. The molecule has 0 N–H and O–H groups in total. The molecule has 9 nitrogen and oxygen atoms in total. The van der Waals surface area contributed by atoms with Crippen LogP contribution in [-0.2, 0) is 16.1 Å². The summed E-state index contributed by atoms with van der Waals surface area (Å²) in [7, 11) is 1.55. The van der Waals surface area contributed by atoms with Crippen LogP contribution in [0.3, 0.4) is 0 Å². The Morgan fingerprint density at radius 3 is 2.45 bits per heavy atom. The molecular weight excluding hydrogens is 578 g/mol. The van der Waals surface area contributed by atoms with Crippen molar-refractivity contribution in [2.75, 3.05) is 20.3 Å². The fourth-order valence-electron chi connectivity index (χ4n) is 4.95. The van der Waals surface area contributed by atoms with Crippen LogP contribution in [0.5, 0.6) is 17.2 Å². The first-order valence-electron chi connectivity index (χ1n) is 14.1. The van der Waals surface area contributed by atoms with Gasteiger partial charge >= 0.3 is 5.97 Å². The minimum Gasteiger partial charge on any atom is -0.494 e. The quantitative estimate of drug-likeness (QED) is 0.241. The number of nitrogens with zero attached hydrogens (tertiary/aromatic N) is 3. The number of allylic oxidation sites excluding steroid dienone is 1. The SMILES string of the molecule is CCOC(=O)C1=C(C)N=c2s/c(=C\c3cccc(OC)c3OCc3ccc(C#N)cc3)c(=O)n2[C@H]1c1ccc(OCC)cc1. The van der Waals surface area contributed by atoms with Crippen molar-refractivity contribution in [1.82, 2.24) is 4.57 Å². The number of thiazole rings is 1. The van der Waals surface area contributed by atoms with Crippen LogP contribution in [0.25, 0.3) is 6.08 Å². The number of carbonyl (C=O) groups is 1. The highest BCUT2D eigenvalue weighted by Crippen LogP contribution is 2.33. The number of methoxy groups -OCH3 is 1. The molecule has 0 aliphatic carbocycles. The Hall–Kier alpha value is -5.14. The van der Waals surface area contributed by atoms with Gasteiger partial charge in [-0.05, 0) is 68.3 Å². The zero-order valence-corrected chi connectivity index (χ0v) is 25.6. The van der Waals surface area contributed by atoms with Crippen molar-refractivity contribution in [3.05, 3.63) is 120 Å². The number of benzene rings is 3. The van der Waals surface area contributed by atoms with Crippen LogP contribution in [0.4, 0.5) is 0 Å². The van der Waals surface area contributed by atoms with Gasteiger partial charge in [-0.2, -0.15) is 5.26 Å². The molecule has 4 aromatic rings. The fraction of sp³-hybridized carbons (Fsp3) is 0.235. The number of rotatable bonds is 10. The molecule has 10 heteroatoms. The first kappa shape index (κ1) is 30.3. The highest BCUT2D eigenvalue weighted by Gasteiger charge is 2.33. The Balaban J connectivity index is 1.61. The van der Waals surface area contributed by atoms with Gasteiger partial charge in [-0.15, -0.1) is 0 Å². The van der Waals surface area contributed by atoms with Crippen LogP contribution in [0.1, 0.15) is 49.1 Å². The van der Waals surface area contributed by atoms with Gasteiger partial charge in [0.05, 0.1) is 53.8 Å². The normalized spacial score (nSPS) is 14.3. The Labute approximate surface area is 258 Å². The van der Waals surface area contributed by atoms with E-state index in [-0.39, 0.29) is 18.8 Å². The predicted octanol–water partition coefficient (Wildman–Crippen LogP) is 4.66. The maximum absolute atomic E-state index is 14.1. The number of hydrogen-bond acceptors (Lipinski definition) is 9. The summed E-state index contributed by atoms with van der Waals surface area (Å²) < 4.78 is 24.7. The average molecular weight is 610 g/mol. The standard InChI is InChI=1S/C34H31N3O6S/c1-5-41-26-16-14-24(15-17-26)30-29(33(39)42-6-2)21(3)36-34-37(30)32(38)28(44-34)18-25-8-7-9-27(40-4)31(25)43-20-23-12-10-22(19-35)11-13-23/h7-18,30H,5-6,20H2,1-4H3/b28-18-/t30-/m0/s1. The van der Waals surface area contributed by atoms with E-state index in [1.54, 1.807) is 49.8 Å². The lowest BCUT2D eigenvalue weighted by Gasteiger charge is -2.24. The summed E-state index contributed by atoms with van der Waals surface area (Å²) >= 11 is 1.23. The van der Waals surface area contributed by atoms with Crippen molar-refractivity contribution in [3.8, 4) is 23.3 Å². The van der Waals surface area contributed by atoms with E-state index < -0.39 is 12.0 Å². The van der Waals surface area contributed by atoms with E-state index in [2.05, 4.69) is 11.1 Å². The molecule has 0 amide bonds. The Morgan fingerprint density at radius 2 is 1.80 bits per heavy atom. The number of nitriles is 1. The summed E-state index contributed by atoms with van der Waals surface area (Å²) in [5, 5.41) is 9.09. The number of esters is 1. The van der Waals surface area contributed by atoms with Gasteiger partial charge in [-0.3, -0.25) is 9.36 Å². The molecule has 0 fully saturated rings. The third-order valence-electron chi connectivity index (χ3n) is 7.01. The molecule has 1 aliphatic rings. The second-order valence-electron chi connectivity index (χ2n) is 9.78. The van der Waals surface area contributed by atoms with Crippen molar-refractivity contribution in [2.45, 2.75) is 33.4 Å². The number of para-hydroxylation sites is 1. The second-order valence-corrected chi connectivity index (χ2v) is 10.8. The molecule has 0 spiro atoms.